The van der Waals surface area contributed by atoms with Crippen LogP contribution in [0.4, 0.5) is 23.4 Å². The summed E-state index contributed by atoms with van der Waals surface area (Å²) in [6, 6.07) is 2.67. The van der Waals surface area contributed by atoms with Crippen LogP contribution < -0.4 is 10.6 Å². The monoisotopic (exact) mass is 589 g/mol. The van der Waals surface area contributed by atoms with Crippen LogP contribution in [0, 0.1) is 5.82 Å². The summed E-state index contributed by atoms with van der Waals surface area (Å²) >= 11 is 5.85. The molecule has 1 atom stereocenters. The summed E-state index contributed by atoms with van der Waals surface area (Å²) in [7, 11) is 0. The molecule has 3 rings (SSSR count). The number of nitrogens with zero attached hydrogens (tertiary/aromatic N) is 3. The molecule has 0 spiro atoms. The topological polar surface area (TPSA) is 117 Å². The summed E-state index contributed by atoms with van der Waals surface area (Å²) in [6.07, 6.45) is 1.51. The van der Waals surface area contributed by atoms with Gasteiger partial charge in [0.2, 0.25) is 0 Å². The van der Waals surface area contributed by atoms with E-state index in [0.29, 0.717) is 19.4 Å². The van der Waals surface area contributed by atoms with E-state index in [4.69, 9.17) is 16.3 Å². The van der Waals surface area contributed by atoms with Gasteiger partial charge in [-0.3, -0.25) is 9.78 Å². The van der Waals surface area contributed by atoms with E-state index in [2.05, 4.69) is 26.7 Å². The second-order valence-electron chi connectivity index (χ2n) is 9.44. The number of fused-ring (bicyclic) bond motifs is 1. The zero-order valence-corrected chi connectivity index (χ0v) is 22.5. The third-order valence-corrected chi connectivity index (χ3v) is 6.63. The van der Waals surface area contributed by atoms with Gasteiger partial charge in [0.25, 0.3) is 5.91 Å². The maximum absolute atomic E-state index is 14.0. The number of carboxylic acid groups (broad SMARTS) is 1. The van der Waals surface area contributed by atoms with Crippen molar-refractivity contribution in [3.8, 4) is 0 Å². The zero-order valence-electron chi connectivity index (χ0n) is 21.8. The van der Waals surface area contributed by atoms with Gasteiger partial charge in [-0.15, -0.1) is 0 Å². The smallest absolute Gasteiger partial charge is 0.411 e. The highest BCUT2D eigenvalue weighted by Crippen LogP contribution is 2.21. The fourth-order valence-electron chi connectivity index (χ4n) is 4.29. The van der Waals surface area contributed by atoms with E-state index in [1.54, 1.807) is 4.90 Å². The van der Waals surface area contributed by atoms with E-state index >= 15 is 0 Å². The Hall–Kier alpha value is -3.03. The number of rotatable bonds is 15. The van der Waals surface area contributed by atoms with Gasteiger partial charge in [0.15, 0.2) is 5.82 Å². The molecule has 0 saturated carbocycles. The van der Waals surface area contributed by atoms with Crippen molar-refractivity contribution in [1.29, 1.82) is 0 Å². The Morgan fingerprint density at radius 3 is 2.73 bits per heavy atom. The fraction of sp³-hybridized carbons (Fsp3) is 0.538. The number of carbonyl (C=O) groups excluding carboxylic acids is 1. The maximum atomic E-state index is 14.0. The number of alkyl halides is 3. The number of hydrogen-bond acceptors (Lipinski definition) is 7. The van der Waals surface area contributed by atoms with Crippen LogP contribution in [0.5, 0.6) is 0 Å². The fourth-order valence-corrected chi connectivity index (χ4v) is 4.53. The molecule has 2 aromatic rings. The normalized spacial score (nSPS) is 13.9. The predicted molar refractivity (Wildman–Crippen MR) is 140 cm³/mol. The van der Waals surface area contributed by atoms with Gasteiger partial charge in [-0.1, -0.05) is 17.7 Å². The lowest BCUT2D eigenvalue weighted by Gasteiger charge is -2.24. The average Bonchev–Trinajstić information content (AvgIpc) is 2.89. The number of aryl methyl sites for hydroxylation is 2. The summed E-state index contributed by atoms with van der Waals surface area (Å²) in [5, 5.41) is 14.9. The van der Waals surface area contributed by atoms with Crippen LogP contribution in [-0.4, -0.2) is 83.5 Å². The van der Waals surface area contributed by atoms with Crippen molar-refractivity contribution >= 4 is 29.3 Å². The lowest BCUT2D eigenvalue weighted by Crippen LogP contribution is -2.44. The number of halogens is 5. The largest absolute Gasteiger partial charge is 0.480 e. The quantitative estimate of drug-likeness (QED) is 0.210. The van der Waals surface area contributed by atoms with Crippen LogP contribution in [-0.2, 0) is 22.4 Å². The van der Waals surface area contributed by atoms with Crippen molar-refractivity contribution in [3.63, 3.8) is 0 Å². The van der Waals surface area contributed by atoms with Gasteiger partial charge in [0.1, 0.15) is 18.5 Å². The molecule has 3 heterocycles. The first-order valence-corrected chi connectivity index (χ1v) is 13.3. The van der Waals surface area contributed by atoms with Gasteiger partial charge >= 0.3 is 12.1 Å². The minimum absolute atomic E-state index is 0.0806. The molecule has 2 aromatic heterocycles. The number of pyridine rings is 2. The van der Waals surface area contributed by atoms with Crippen LogP contribution in [0.1, 0.15) is 47.3 Å². The number of ether oxygens (including phenoxy) is 1. The number of anilines is 1. The molecule has 9 nitrogen and oxygen atoms in total. The molecular formula is C26H32ClF4N5O4. The highest BCUT2D eigenvalue weighted by molar-refractivity contribution is 6.33. The maximum Gasteiger partial charge on any atom is 0.411 e. The standard InChI is InChI=1S/C26H32ClF4N5O4/c27-19-14-32-15-20(28)22(19)24(37)35-21(25(38)39)8-11-36(12-13-40-16-26(29,30)31)10-2-1-5-18-7-6-17-4-3-9-33-23(17)34-18/h6-7,14-15,21H,1-5,8-13,16H2,(H,33,34)(H,35,37)(H,38,39). The zero-order chi connectivity index (χ0) is 29.1. The number of amides is 1. The SMILES string of the molecule is O=C(NC(CCN(CCCCc1ccc2c(n1)NCCC2)CCOCC(F)(F)F)C(=O)O)c1c(F)cncc1Cl. The van der Waals surface area contributed by atoms with Crippen LogP contribution in [0.3, 0.4) is 0 Å². The third kappa shape index (κ3) is 10.2. The minimum Gasteiger partial charge on any atom is -0.480 e. The van der Waals surface area contributed by atoms with E-state index in [9.17, 15) is 32.3 Å². The first kappa shape index (κ1) is 31.5. The number of carboxylic acids is 1. The Bertz CT molecular complexity index is 1130. The molecular weight excluding hydrogens is 558 g/mol. The number of carbonyl (C=O) groups is 2. The summed E-state index contributed by atoms with van der Waals surface area (Å²) < 4.78 is 56.1. The lowest BCUT2D eigenvalue weighted by atomic mass is 10.1. The minimum atomic E-state index is -4.45. The molecule has 0 radical (unpaired) electrons. The molecule has 0 aromatic carbocycles. The Kier molecular flexibility index (Phi) is 11.9. The van der Waals surface area contributed by atoms with Gasteiger partial charge in [0.05, 0.1) is 23.4 Å². The summed E-state index contributed by atoms with van der Waals surface area (Å²) in [4.78, 5) is 34.3. The number of unbranched alkanes of at least 4 members (excludes halogenated alkanes) is 1. The van der Waals surface area contributed by atoms with Gasteiger partial charge in [-0.05, 0) is 56.7 Å². The van der Waals surface area contributed by atoms with Gasteiger partial charge < -0.3 is 25.4 Å². The van der Waals surface area contributed by atoms with Crippen molar-refractivity contribution in [3.05, 3.63) is 52.2 Å². The van der Waals surface area contributed by atoms with Gasteiger partial charge in [0, 0.05) is 31.5 Å². The van der Waals surface area contributed by atoms with Crippen molar-refractivity contribution in [1.82, 2.24) is 20.2 Å². The second kappa shape index (κ2) is 15.1. The molecule has 220 valence electrons. The molecule has 0 fully saturated rings. The number of nitrogens with one attached hydrogen (secondary N) is 2. The Morgan fingerprint density at radius 2 is 2.00 bits per heavy atom. The first-order valence-electron chi connectivity index (χ1n) is 13.0. The highest BCUT2D eigenvalue weighted by atomic mass is 35.5. The molecule has 0 bridgehead atoms. The van der Waals surface area contributed by atoms with E-state index in [1.165, 1.54) is 5.56 Å². The van der Waals surface area contributed by atoms with Crippen LogP contribution in [0.15, 0.2) is 24.5 Å². The van der Waals surface area contributed by atoms with Crippen LogP contribution in [0.2, 0.25) is 5.02 Å². The second-order valence-corrected chi connectivity index (χ2v) is 9.85. The van der Waals surface area contributed by atoms with Crippen LogP contribution >= 0.6 is 11.6 Å². The van der Waals surface area contributed by atoms with E-state index < -0.39 is 42.1 Å². The van der Waals surface area contributed by atoms with E-state index in [-0.39, 0.29) is 31.1 Å². The van der Waals surface area contributed by atoms with Crippen molar-refractivity contribution in [2.75, 3.05) is 44.7 Å². The van der Waals surface area contributed by atoms with Crippen molar-refractivity contribution < 1.29 is 37.0 Å². The number of aromatic nitrogens is 2. The number of aliphatic carboxylic acids is 1. The number of hydrogen-bond donors (Lipinski definition) is 3. The van der Waals surface area contributed by atoms with Gasteiger partial charge in [-0.2, -0.15) is 13.2 Å². The van der Waals surface area contributed by atoms with E-state index in [0.717, 1.165) is 49.7 Å². The molecule has 0 saturated heterocycles. The Morgan fingerprint density at radius 1 is 1.20 bits per heavy atom. The van der Waals surface area contributed by atoms with Crippen molar-refractivity contribution in [2.45, 2.75) is 50.7 Å². The molecule has 1 amide bonds. The molecule has 1 aliphatic heterocycles. The Labute approximate surface area is 234 Å². The highest BCUT2D eigenvalue weighted by Gasteiger charge is 2.28. The van der Waals surface area contributed by atoms with Gasteiger partial charge in [-0.25, -0.2) is 14.2 Å². The predicted octanol–water partition coefficient (Wildman–Crippen LogP) is 4.10. The first-order chi connectivity index (χ1) is 19.0. The third-order valence-electron chi connectivity index (χ3n) is 6.34. The molecule has 1 aliphatic rings. The summed E-state index contributed by atoms with van der Waals surface area (Å²) in [5.74, 6) is -2.45. The van der Waals surface area contributed by atoms with E-state index in [1.807, 2.05) is 6.07 Å². The Balaban J connectivity index is 1.54. The molecule has 3 N–H and O–H groups in total. The average molecular weight is 590 g/mol. The molecule has 1 unspecified atom stereocenters. The van der Waals surface area contributed by atoms with Crippen molar-refractivity contribution in [2.24, 2.45) is 0 Å². The molecule has 0 aliphatic carbocycles. The summed E-state index contributed by atoms with van der Waals surface area (Å²) in [5.41, 5.74) is 1.60. The lowest BCUT2D eigenvalue weighted by molar-refractivity contribution is -0.174. The van der Waals surface area contributed by atoms with Crippen LogP contribution in [0.25, 0.3) is 0 Å². The summed E-state index contributed by atoms with van der Waals surface area (Å²) in [6.45, 7) is 0.0215. The molecule has 14 heteroatoms. The molecule has 40 heavy (non-hydrogen) atoms.